The Morgan fingerprint density at radius 2 is 1.73 bits per heavy atom. The van der Waals surface area contributed by atoms with E-state index in [4.69, 9.17) is 9.11 Å². The molecule has 2 aromatic heterocycles. The topological polar surface area (TPSA) is 99.8 Å². The number of carbonyl (C=O) groups is 1. The summed E-state index contributed by atoms with van der Waals surface area (Å²) < 4.78 is 14.3. The Hall–Kier alpha value is -2.98. The summed E-state index contributed by atoms with van der Waals surface area (Å²) in [7, 11) is 1.61. The quantitative estimate of drug-likeness (QED) is 0.327. The number of carbonyl (C=O) groups excluding carboxylic acids is 1. The average Bonchev–Trinajstić information content (AvgIpc) is 3.78. The van der Waals surface area contributed by atoms with Gasteiger partial charge in [-0.05, 0) is 73.5 Å². The predicted octanol–water partition coefficient (Wildman–Crippen LogP) is 5.33. The summed E-state index contributed by atoms with van der Waals surface area (Å²) in [5.41, 5.74) is 2.05. The molecular weight excluding hydrogens is 538 g/mol. The third-order valence-corrected chi connectivity index (χ3v) is 11.5. The molecule has 3 heterocycles. The van der Waals surface area contributed by atoms with E-state index >= 15 is 0 Å². The van der Waals surface area contributed by atoms with Gasteiger partial charge in [0.25, 0.3) is 0 Å². The van der Waals surface area contributed by atoms with E-state index < -0.39 is 0 Å². The second kappa shape index (κ2) is 10.7. The first kappa shape index (κ1) is 26.9. The SMILES string of the molecule is CNC(=O)OC[N+]1(CC2CCCCC2Cn2c(O)c3c(c2O)C2CCC3C2)CCN(c2nsc3ccccc23)CC1. The number of aromatic nitrogens is 2. The maximum absolute atomic E-state index is 12.2. The molecular formula is C31H42N5O4S+. The first-order valence-electron chi connectivity index (χ1n) is 15.4. The number of aromatic hydroxyl groups is 2. The van der Waals surface area contributed by atoms with Crippen LogP contribution >= 0.6 is 11.5 Å². The van der Waals surface area contributed by atoms with Crippen LogP contribution in [0.2, 0.25) is 0 Å². The Balaban J connectivity index is 1.10. The van der Waals surface area contributed by atoms with Gasteiger partial charge in [0.2, 0.25) is 6.73 Å². The van der Waals surface area contributed by atoms with Crippen LogP contribution in [0, 0.1) is 11.8 Å². The van der Waals surface area contributed by atoms with Crippen LogP contribution in [-0.4, -0.2) is 76.2 Å². The number of alkyl carbamates (subject to hydrolysis) is 1. The van der Waals surface area contributed by atoms with Crippen LogP contribution in [0.1, 0.15) is 67.9 Å². The number of quaternary nitrogens is 1. The van der Waals surface area contributed by atoms with Gasteiger partial charge in [0.15, 0.2) is 17.6 Å². The minimum atomic E-state index is -0.387. The van der Waals surface area contributed by atoms with Crippen molar-refractivity contribution in [3.05, 3.63) is 35.4 Å². The summed E-state index contributed by atoms with van der Waals surface area (Å²) in [6.07, 6.45) is 7.53. The number of hydrogen-bond acceptors (Lipinski definition) is 7. The van der Waals surface area contributed by atoms with E-state index in [-0.39, 0.29) is 6.09 Å². The summed E-state index contributed by atoms with van der Waals surface area (Å²) >= 11 is 1.55. The van der Waals surface area contributed by atoms with E-state index in [1.165, 1.54) is 22.9 Å². The third kappa shape index (κ3) is 4.73. The Morgan fingerprint density at radius 1 is 1.05 bits per heavy atom. The molecule has 0 radical (unpaired) electrons. The average molecular weight is 581 g/mol. The van der Waals surface area contributed by atoms with Crippen molar-refractivity contribution in [2.24, 2.45) is 11.8 Å². The number of hydrogen-bond donors (Lipinski definition) is 3. The van der Waals surface area contributed by atoms with E-state index in [1.807, 2.05) is 4.57 Å². The van der Waals surface area contributed by atoms with E-state index in [9.17, 15) is 15.0 Å². The number of nitrogens with one attached hydrogen (secondary N) is 1. The fourth-order valence-electron chi connectivity index (χ4n) is 8.45. The highest BCUT2D eigenvalue weighted by Crippen LogP contribution is 2.60. The summed E-state index contributed by atoms with van der Waals surface area (Å²) in [6.45, 7) is 5.41. The molecule has 9 nitrogen and oxygen atoms in total. The van der Waals surface area contributed by atoms with Gasteiger partial charge in [-0.3, -0.25) is 9.05 Å². The Bertz CT molecular complexity index is 1390. The van der Waals surface area contributed by atoms with Crippen LogP contribution in [-0.2, 0) is 11.3 Å². The molecule has 1 aliphatic heterocycles. The highest BCUT2D eigenvalue weighted by molar-refractivity contribution is 7.13. The first-order valence-corrected chi connectivity index (χ1v) is 16.2. The van der Waals surface area contributed by atoms with Crippen molar-refractivity contribution in [1.29, 1.82) is 0 Å². The van der Waals surface area contributed by atoms with Crippen molar-refractivity contribution >= 4 is 33.5 Å². The van der Waals surface area contributed by atoms with Gasteiger partial charge in [-0.15, -0.1) is 0 Å². The molecule has 220 valence electrons. The number of ether oxygens (including phenoxy) is 1. The zero-order valence-corrected chi connectivity index (χ0v) is 24.7. The molecule has 4 atom stereocenters. The lowest BCUT2D eigenvalue weighted by molar-refractivity contribution is -0.947. The number of rotatable bonds is 7. The molecule has 7 rings (SSSR count). The third-order valence-electron chi connectivity index (χ3n) is 10.7. The molecule has 1 aromatic carbocycles. The van der Waals surface area contributed by atoms with Crippen LogP contribution in [0.25, 0.3) is 10.1 Å². The van der Waals surface area contributed by atoms with Crippen LogP contribution in [0.5, 0.6) is 11.8 Å². The second-order valence-corrected chi connectivity index (χ2v) is 13.7. The van der Waals surface area contributed by atoms with Crippen molar-refractivity contribution in [2.75, 3.05) is 51.4 Å². The monoisotopic (exact) mass is 580 g/mol. The molecule has 4 aliphatic rings. The first-order chi connectivity index (χ1) is 20.0. The molecule has 2 saturated carbocycles. The number of benzene rings is 1. The molecule has 3 N–H and O–H groups in total. The lowest BCUT2D eigenvalue weighted by Gasteiger charge is -2.47. The van der Waals surface area contributed by atoms with E-state index in [0.29, 0.717) is 48.7 Å². The highest BCUT2D eigenvalue weighted by Gasteiger charge is 2.45. The lowest BCUT2D eigenvalue weighted by atomic mass is 9.78. The molecule has 10 heteroatoms. The number of fused-ring (bicyclic) bond motifs is 6. The molecule has 0 spiro atoms. The molecule has 2 bridgehead atoms. The van der Waals surface area contributed by atoms with Gasteiger partial charge in [-0.1, -0.05) is 25.0 Å². The molecule has 4 unspecified atom stereocenters. The van der Waals surface area contributed by atoms with E-state index in [1.54, 1.807) is 18.6 Å². The second-order valence-electron chi connectivity index (χ2n) is 12.9. The number of nitrogens with zero attached hydrogens (tertiary/aromatic N) is 4. The predicted molar refractivity (Wildman–Crippen MR) is 160 cm³/mol. The van der Waals surface area contributed by atoms with Gasteiger partial charge in [0.05, 0.1) is 37.4 Å². The minimum Gasteiger partial charge on any atom is -0.494 e. The largest absolute Gasteiger partial charge is 0.494 e. The van der Waals surface area contributed by atoms with Crippen molar-refractivity contribution < 1.29 is 24.2 Å². The maximum Gasteiger partial charge on any atom is 0.411 e. The van der Waals surface area contributed by atoms with Gasteiger partial charge >= 0.3 is 6.09 Å². The maximum atomic E-state index is 12.2. The number of piperazine rings is 1. The normalized spacial score (nSPS) is 26.8. The van der Waals surface area contributed by atoms with Crippen molar-refractivity contribution in [1.82, 2.24) is 14.3 Å². The zero-order valence-electron chi connectivity index (χ0n) is 23.9. The van der Waals surface area contributed by atoms with Crippen molar-refractivity contribution in [3.63, 3.8) is 0 Å². The van der Waals surface area contributed by atoms with E-state index in [0.717, 1.165) is 86.3 Å². The lowest BCUT2D eigenvalue weighted by Crippen LogP contribution is -2.63. The molecule has 1 saturated heterocycles. The molecule has 41 heavy (non-hydrogen) atoms. The van der Waals surface area contributed by atoms with Crippen molar-refractivity contribution in [2.45, 2.75) is 63.3 Å². The summed E-state index contributed by atoms with van der Waals surface area (Å²) in [5.74, 6) is 3.29. The van der Waals surface area contributed by atoms with Crippen LogP contribution in [0.3, 0.4) is 0 Å². The minimum absolute atomic E-state index is 0.310. The summed E-state index contributed by atoms with van der Waals surface area (Å²) in [4.78, 5) is 14.6. The summed E-state index contributed by atoms with van der Waals surface area (Å²) in [5, 5.41) is 26.3. The number of anilines is 1. The standard InChI is InChI=1S/C31H41N5O4S/c1-32-31(39)40-19-36(14-12-34(13-15-36)28-24-8-4-5-9-25(24)41-33-28)18-23-7-3-2-6-22(23)17-35-29(37)26-20-10-11-21(16-20)27(26)30(35)38/h4-5,8-9,20-23H,2-3,6-7,10-19H2,1H3,(H2-,32,37,38,39)/p+1. The summed E-state index contributed by atoms with van der Waals surface area (Å²) in [6, 6.07) is 8.41. The zero-order chi connectivity index (χ0) is 28.1. The van der Waals surface area contributed by atoms with Crippen LogP contribution in [0.4, 0.5) is 10.6 Å². The smallest absolute Gasteiger partial charge is 0.411 e. The van der Waals surface area contributed by atoms with E-state index in [2.05, 4.69) is 34.5 Å². The Labute approximate surface area is 245 Å². The highest BCUT2D eigenvalue weighted by atomic mass is 32.1. The van der Waals surface area contributed by atoms with Gasteiger partial charge in [-0.2, -0.15) is 4.37 Å². The molecule has 3 aliphatic carbocycles. The molecule has 3 fully saturated rings. The molecule has 1 amide bonds. The fraction of sp³-hybridized carbons (Fsp3) is 0.613. The Kier molecular flexibility index (Phi) is 7.01. The van der Waals surface area contributed by atoms with Gasteiger partial charge in [0, 0.05) is 36.0 Å². The van der Waals surface area contributed by atoms with Gasteiger partial charge in [0.1, 0.15) is 0 Å². The fourth-order valence-corrected chi connectivity index (χ4v) is 9.24. The Morgan fingerprint density at radius 3 is 2.44 bits per heavy atom. The number of amides is 1. The van der Waals surface area contributed by atoms with Crippen LogP contribution in [0.15, 0.2) is 24.3 Å². The van der Waals surface area contributed by atoms with Gasteiger partial charge in [-0.25, -0.2) is 4.79 Å². The van der Waals surface area contributed by atoms with Crippen LogP contribution < -0.4 is 10.2 Å². The molecule has 3 aromatic rings. The van der Waals surface area contributed by atoms with Crippen molar-refractivity contribution in [3.8, 4) is 11.8 Å². The van der Waals surface area contributed by atoms with Gasteiger partial charge < -0.3 is 25.2 Å².